The lowest BCUT2D eigenvalue weighted by molar-refractivity contribution is -0.127. The summed E-state index contributed by atoms with van der Waals surface area (Å²) in [5.41, 5.74) is 5.66. The molecule has 2 aromatic heterocycles. The van der Waals surface area contributed by atoms with Crippen molar-refractivity contribution in [2.75, 3.05) is 12.0 Å². The van der Waals surface area contributed by atoms with Gasteiger partial charge in [-0.05, 0) is 19.4 Å². The maximum Gasteiger partial charge on any atom is 0.348 e. The van der Waals surface area contributed by atoms with Gasteiger partial charge in [-0.25, -0.2) is 14.8 Å². The average molecular weight is 336 g/mol. The van der Waals surface area contributed by atoms with E-state index in [0.717, 1.165) is 5.56 Å². The molecule has 0 saturated heterocycles. The van der Waals surface area contributed by atoms with Crippen LogP contribution in [0.3, 0.4) is 0 Å². The van der Waals surface area contributed by atoms with Gasteiger partial charge in [0.2, 0.25) is 5.91 Å². The summed E-state index contributed by atoms with van der Waals surface area (Å²) < 4.78 is 5.05. The van der Waals surface area contributed by atoms with E-state index in [2.05, 4.69) is 20.8 Å². The second-order valence-corrected chi connectivity index (χ2v) is 7.01. The second kappa shape index (κ2) is 6.49. The number of carbonyl (C=O) groups excluding carboxylic acids is 2. The van der Waals surface area contributed by atoms with Crippen molar-refractivity contribution >= 4 is 39.2 Å². The van der Waals surface area contributed by atoms with Crippen molar-refractivity contribution in [2.45, 2.75) is 34.6 Å². The number of rotatable bonds is 4. The Morgan fingerprint density at radius 3 is 2.61 bits per heavy atom. The molecule has 2 heterocycles. The molecule has 2 aromatic rings. The molecule has 0 spiro atoms. The van der Waals surface area contributed by atoms with Gasteiger partial charge in [0.05, 0.1) is 12.0 Å². The second-order valence-electron chi connectivity index (χ2n) is 6.01. The Labute approximate surface area is 138 Å². The average Bonchev–Trinajstić information content (AvgIpc) is 2.82. The first-order chi connectivity index (χ1) is 10.8. The van der Waals surface area contributed by atoms with Gasteiger partial charge in [0.15, 0.2) is 5.82 Å². The van der Waals surface area contributed by atoms with Crippen molar-refractivity contribution < 1.29 is 14.3 Å². The Kier molecular flexibility index (Phi) is 4.84. The summed E-state index contributed by atoms with van der Waals surface area (Å²) >= 11 is 1.25. The number of hydrogen-bond donors (Lipinski definition) is 2. The number of hydrazine groups is 1. The van der Waals surface area contributed by atoms with Crippen LogP contribution in [-0.4, -0.2) is 28.5 Å². The zero-order valence-electron chi connectivity index (χ0n) is 13.8. The van der Waals surface area contributed by atoms with Crippen LogP contribution in [0, 0.1) is 12.3 Å². The minimum Gasteiger partial charge on any atom is -0.462 e. The number of aromatic nitrogens is 2. The quantitative estimate of drug-likeness (QED) is 0.658. The van der Waals surface area contributed by atoms with Crippen LogP contribution < -0.4 is 10.9 Å². The molecule has 8 heteroatoms. The van der Waals surface area contributed by atoms with Crippen LogP contribution in [0.1, 0.15) is 42.9 Å². The molecule has 0 aliphatic rings. The summed E-state index contributed by atoms with van der Waals surface area (Å²) in [7, 11) is 0. The van der Waals surface area contributed by atoms with Crippen molar-refractivity contribution in [1.29, 1.82) is 0 Å². The number of fused-ring (bicyclic) bond motifs is 1. The third-order valence-electron chi connectivity index (χ3n) is 3.16. The summed E-state index contributed by atoms with van der Waals surface area (Å²) in [5.74, 6) is -0.0858. The smallest absolute Gasteiger partial charge is 0.348 e. The van der Waals surface area contributed by atoms with Crippen molar-refractivity contribution in [3.8, 4) is 0 Å². The standard InChI is InChI=1S/C15H20N4O3S/c1-6-22-13(20)10-8(2)9-11(16-7-17-12(9)23-10)18-19-14(21)15(3,4)5/h7H,6H2,1-5H3,(H,19,21)(H,16,17,18). The maximum absolute atomic E-state index is 12.0. The number of thiophene rings is 1. The third-order valence-corrected chi connectivity index (χ3v) is 4.34. The number of hydrogen-bond acceptors (Lipinski definition) is 7. The highest BCUT2D eigenvalue weighted by Crippen LogP contribution is 2.33. The molecule has 23 heavy (non-hydrogen) atoms. The van der Waals surface area contributed by atoms with E-state index in [4.69, 9.17) is 4.74 Å². The highest BCUT2D eigenvalue weighted by molar-refractivity contribution is 7.20. The number of aryl methyl sites for hydroxylation is 1. The molecule has 2 rings (SSSR count). The predicted octanol–water partition coefficient (Wildman–Crippen LogP) is 2.67. The van der Waals surface area contributed by atoms with E-state index in [9.17, 15) is 9.59 Å². The third kappa shape index (κ3) is 3.58. The van der Waals surface area contributed by atoms with Crippen molar-refractivity contribution in [2.24, 2.45) is 5.41 Å². The monoisotopic (exact) mass is 336 g/mol. The van der Waals surface area contributed by atoms with Gasteiger partial charge in [0.25, 0.3) is 0 Å². The van der Waals surface area contributed by atoms with Gasteiger partial charge in [-0.2, -0.15) is 0 Å². The first-order valence-electron chi connectivity index (χ1n) is 7.23. The van der Waals surface area contributed by atoms with Gasteiger partial charge in [-0.1, -0.05) is 20.8 Å². The van der Waals surface area contributed by atoms with E-state index in [1.165, 1.54) is 17.7 Å². The van der Waals surface area contributed by atoms with Crippen LogP contribution in [0.5, 0.6) is 0 Å². The molecule has 0 atom stereocenters. The Bertz CT molecular complexity index is 749. The molecule has 0 aliphatic carbocycles. The highest BCUT2D eigenvalue weighted by atomic mass is 32.1. The van der Waals surface area contributed by atoms with Gasteiger partial charge in [-0.15, -0.1) is 11.3 Å². The van der Waals surface area contributed by atoms with Crippen LogP contribution in [0.15, 0.2) is 6.33 Å². The lowest BCUT2D eigenvalue weighted by atomic mass is 9.96. The number of ether oxygens (including phenoxy) is 1. The molecular weight excluding hydrogens is 316 g/mol. The molecule has 124 valence electrons. The summed E-state index contributed by atoms with van der Waals surface area (Å²) in [4.78, 5) is 33.5. The number of carbonyl (C=O) groups is 2. The minimum atomic E-state index is -0.529. The largest absolute Gasteiger partial charge is 0.462 e. The van der Waals surface area contributed by atoms with Crippen molar-refractivity contribution in [3.05, 3.63) is 16.8 Å². The Hall–Kier alpha value is -2.22. The van der Waals surface area contributed by atoms with E-state index in [-0.39, 0.29) is 11.9 Å². The molecular formula is C15H20N4O3S. The van der Waals surface area contributed by atoms with Gasteiger partial charge in [0, 0.05) is 5.41 Å². The zero-order chi connectivity index (χ0) is 17.2. The van der Waals surface area contributed by atoms with Gasteiger partial charge >= 0.3 is 5.97 Å². The summed E-state index contributed by atoms with van der Waals surface area (Å²) in [6.45, 7) is 9.32. The van der Waals surface area contributed by atoms with E-state index in [0.29, 0.717) is 27.5 Å². The fourth-order valence-corrected chi connectivity index (χ4v) is 2.90. The molecule has 0 unspecified atom stereocenters. The van der Waals surface area contributed by atoms with Gasteiger partial charge in [0.1, 0.15) is 16.0 Å². The molecule has 0 aromatic carbocycles. The van der Waals surface area contributed by atoms with E-state index >= 15 is 0 Å². The summed E-state index contributed by atoms with van der Waals surface area (Å²) in [6, 6.07) is 0. The first kappa shape index (κ1) is 17.1. The number of esters is 1. The summed E-state index contributed by atoms with van der Waals surface area (Å²) in [5, 5.41) is 0.703. The van der Waals surface area contributed by atoms with Crippen LogP contribution in [0.2, 0.25) is 0 Å². The summed E-state index contributed by atoms with van der Waals surface area (Å²) in [6.07, 6.45) is 1.39. The molecule has 0 radical (unpaired) electrons. The van der Waals surface area contributed by atoms with Crippen LogP contribution >= 0.6 is 11.3 Å². The van der Waals surface area contributed by atoms with Crippen molar-refractivity contribution in [1.82, 2.24) is 15.4 Å². The topological polar surface area (TPSA) is 93.2 Å². The van der Waals surface area contributed by atoms with Crippen LogP contribution in [0.25, 0.3) is 10.2 Å². The maximum atomic E-state index is 12.0. The van der Waals surface area contributed by atoms with E-state index < -0.39 is 5.41 Å². The number of nitrogens with one attached hydrogen (secondary N) is 2. The Balaban J connectivity index is 2.35. The van der Waals surface area contributed by atoms with Gasteiger partial charge < -0.3 is 4.74 Å². The lowest BCUT2D eigenvalue weighted by Crippen LogP contribution is -2.38. The fourth-order valence-electron chi connectivity index (χ4n) is 1.86. The molecule has 0 saturated carbocycles. The number of anilines is 1. The van der Waals surface area contributed by atoms with Crippen molar-refractivity contribution in [3.63, 3.8) is 0 Å². The van der Waals surface area contributed by atoms with E-state index in [1.807, 2.05) is 27.7 Å². The molecule has 0 fully saturated rings. The van der Waals surface area contributed by atoms with Crippen LogP contribution in [0.4, 0.5) is 5.82 Å². The molecule has 2 N–H and O–H groups in total. The number of nitrogens with zero attached hydrogens (tertiary/aromatic N) is 2. The zero-order valence-corrected chi connectivity index (χ0v) is 14.6. The predicted molar refractivity (Wildman–Crippen MR) is 89.3 cm³/mol. The normalized spacial score (nSPS) is 11.3. The van der Waals surface area contributed by atoms with E-state index in [1.54, 1.807) is 6.92 Å². The molecule has 7 nitrogen and oxygen atoms in total. The Morgan fingerprint density at radius 1 is 1.30 bits per heavy atom. The molecule has 1 amide bonds. The Morgan fingerprint density at radius 2 is 2.00 bits per heavy atom. The lowest BCUT2D eigenvalue weighted by Gasteiger charge is -2.18. The molecule has 0 aliphatic heterocycles. The number of amides is 1. The van der Waals surface area contributed by atoms with Crippen LogP contribution in [-0.2, 0) is 9.53 Å². The fraction of sp³-hybridized carbons (Fsp3) is 0.467. The highest BCUT2D eigenvalue weighted by Gasteiger charge is 2.23. The first-order valence-corrected chi connectivity index (χ1v) is 8.05. The molecule has 0 bridgehead atoms. The minimum absolute atomic E-state index is 0.164. The van der Waals surface area contributed by atoms with Gasteiger partial charge in [-0.3, -0.25) is 15.6 Å². The SMILES string of the molecule is CCOC(=O)c1sc2ncnc(NNC(=O)C(C)(C)C)c2c1C.